The molecule has 0 saturated heterocycles. The maximum Gasteiger partial charge on any atom is 0.0670 e. The zero-order valence-electron chi connectivity index (χ0n) is 11.8. The van der Waals surface area contributed by atoms with Crippen LogP contribution in [-0.2, 0) is 13.5 Å². The van der Waals surface area contributed by atoms with Crippen LogP contribution in [0.15, 0.2) is 6.20 Å². The molecule has 0 saturated carbocycles. The van der Waals surface area contributed by atoms with E-state index in [1.165, 1.54) is 11.3 Å². The molecule has 0 aliphatic rings. The Morgan fingerprint density at radius 1 is 1.47 bits per heavy atom. The van der Waals surface area contributed by atoms with Crippen molar-refractivity contribution in [3.8, 4) is 0 Å². The minimum atomic E-state index is 0.279. The first-order valence-electron chi connectivity index (χ1n) is 6.42. The summed E-state index contributed by atoms with van der Waals surface area (Å²) in [6, 6.07) is 0.279. The molecular weight excluding hydrogens is 212 g/mol. The van der Waals surface area contributed by atoms with Crippen LogP contribution in [0.25, 0.3) is 0 Å². The van der Waals surface area contributed by atoms with Crippen molar-refractivity contribution < 1.29 is 0 Å². The summed E-state index contributed by atoms with van der Waals surface area (Å²) >= 11 is 0. The van der Waals surface area contributed by atoms with E-state index in [9.17, 15) is 0 Å². The molecule has 1 aromatic rings. The summed E-state index contributed by atoms with van der Waals surface area (Å²) in [7, 11) is 4.11. The van der Waals surface area contributed by atoms with Gasteiger partial charge in [-0.2, -0.15) is 5.10 Å². The minimum absolute atomic E-state index is 0.279. The molecule has 0 aliphatic heterocycles. The minimum Gasteiger partial charge on any atom is -0.329 e. The summed E-state index contributed by atoms with van der Waals surface area (Å²) in [6.45, 7) is 8.30. The number of hydrogen-bond acceptors (Lipinski definition) is 3. The Morgan fingerprint density at radius 2 is 2.12 bits per heavy atom. The molecule has 4 nitrogen and oxygen atoms in total. The van der Waals surface area contributed by atoms with Crippen LogP contribution in [0.3, 0.4) is 0 Å². The van der Waals surface area contributed by atoms with Crippen molar-refractivity contribution in [1.82, 2.24) is 14.7 Å². The second kappa shape index (κ2) is 6.17. The van der Waals surface area contributed by atoms with E-state index in [0.717, 1.165) is 13.0 Å². The lowest BCUT2D eigenvalue weighted by molar-refractivity contribution is 0.223. The van der Waals surface area contributed by atoms with E-state index in [1.807, 2.05) is 11.7 Å². The van der Waals surface area contributed by atoms with E-state index >= 15 is 0 Å². The highest BCUT2D eigenvalue weighted by molar-refractivity contribution is 5.22. The third-order valence-electron chi connectivity index (χ3n) is 3.04. The highest BCUT2D eigenvalue weighted by Crippen LogP contribution is 2.22. The number of aryl methyl sites for hydroxylation is 2. The first-order valence-corrected chi connectivity index (χ1v) is 6.42. The zero-order valence-corrected chi connectivity index (χ0v) is 11.8. The molecule has 1 unspecified atom stereocenters. The average molecular weight is 238 g/mol. The van der Waals surface area contributed by atoms with Crippen molar-refractivity contribution >= 4 is 0 Å². The monoisotopic (exact) mass is 238 g/mol. The van der Waals surface area contributed by atoms with Gasteiger partial charge in [-0.25, -0.2) is 0 Å². The van der Waals surface area contributed by atoms with Crippen molar-refractivity contribution in [2.75, 3.05) is 20.1 Å². The van der Waals surface area contributed by atoms with E-state index < -0.39 is 0 Å². The van der Waals surface area contributed by atoms with Gasteiger partial charge in [0.15, 0.2) is 0 Å². The van der Waals surface area contributed by atoms with Crippen LogP contribution in [0.5, 0.6) is 0 Å². The van der Waals surface area contributed by atoms with Crippen molar-refractivity contribution in [2.45, 2.75) is 33.2 Å². The number of rotatable bonds is 6. The summed E-state index contributed by atoms with van der Waals surface area (Å²) in [5.41, 5.74) is 8.38. The Hall–Kier alpha value is -0.870. The lowest BCUT2D eigenvalue weighted by atomic mass is 10.0. The third kappa shape index (κ3) is 3.54. The van der Waals surface area contributed by atoms with Gasteiger partial charge in [0.25, 0.3) is 0 Å². The molecule has 17 heavy (non-hydrogen) atoms. The van der Waals surface area contributed by atoms with Gasteiger partial charge in [-0.05, 0) is 19.4 Å². The van der Waals surface area contributed by atoms with Crippen LogP contribution in [0.1, 0.15) is 38.1 Å². The van der Waals surface area contributed by atoms with Gasteiger partial charge in [-0.1, -0.05) is 20.8 Å². The standard InChI is InChI=1S/C13H26N4/c1-6-12-11(9-17(5)15-12)13(7-14)16(4)8-10(2)3/h9-10,13H,6-8,14H2,1-5H3. The molecule has 1 heterocycles. The average Bonchev–Trinajstić information content (AvgIpc) is 2.59. The van der Waals surface area contributed by atoms with Gasteiger partial charge in [0, 0.05) is 31.9 Å². The highest BCUT2D eigenvalue weighted by atomic mass is 15.3. The summed E-state index contributed by atoms with van der Waals surface area (Å²) in [5.74, 6) is 0.649. The zero-order chi connectivity index (χ0) is 13.0. The van der Waals surface area contributed by atoms with Gasteiger partial charge in [0.2, 0.25) is 0 Å². The smallest absolute Gasteiger partial charge is 0.0670 e. The molecule has 1 rings (SSSR count). The second-order valence-electron chi connectivity index (χ2n) is 5.14. The fourth-order valence-corrected chi connectivity index (χ4v) is 2.35. The maximum atomic E-state index is 5.94. The van der Waals surface area contributed by atoms with Crippen molar-refractivity contribution in [1.29, 1.82) is 0 Å². The SMILES string of the molecule is CCc1nn(C)cc1C(CN)N(C)CC(C)C. The summed E-state index contributed by atoms with van der Waals surface area (Å²) in [6.07, 6.45) is 3.06. The number of nitrogens with two attached hydrogens (primary N) is 1. The lowest BCUT2D eigenvalue weighted by Gasteiger charge is -2.28. The van der Waals surface area contributed by atoms with Gasteiger partial charge in [0.1, 0.15) is 0 Å². The van der Waals surface area contributed by atoms with Crippen LogP contribution < -0.4 is 5.73 Å². The number of nitrogens with zero attached hydrogens (tertiary/aromatic N) is 3. The molecule has 0 aliphatic carbocycles. The molecule has 2 N–H and O–H groups in total. The Labute approximate surface area is 105 Å². The lowest BCUT2D eigenvalue weighted by Crippen LogP contribution is -2.33. The summed E-state index contributed by atoms with van der Waals surface area (Å²) < 4.78 is 1.89. The normalized spacial score (nSPS) is 13.6. The quantitative estimate of drug-likeness (QED) is 0.818. The number of likely N-dealkylation sites (N-methyl/N-ethyl adjacent to an activating group) is 1. The fraction of sp³-hybridized carbons (Fsp3) is 0.769. The predicted molar refractivity (Wildman–Crippen MR) is 71.8 cm³/mol. The Morgan fingerprint density at radius 3 is 2.59 bits per heavy atom. The van der Waals surface area contributed by atoms with Crippen molar-refractivity contribution in [3.63, 3.8) is 0 Å². The fourth-order valence-electron chi connectivity index (χ4n) is 2.35. The first kappa shape index (κ1) is 14.2. The highest BCUT2D eigenvalue weighted by Gasteiger charge is 2.21. The topological polar surface area (TPSA) is 47.1 Å². The molecule has 1 atom stereocenters. The Bertz CT molecular complexity index is 343. The third-order valence-corrected chi connectivity index (χ3v) is 3.04. The molecule has 4 heteroatoms. The van der Waals surface area contributed by atoms with E-state index in [-0.39, 0.29) is 6.04 Å². The van der Waals surface area contributed by atoms with Crippen LogP contribution in [-0.4, -0.2) is 34.8 Å². The van der Waals surface area contributed by atoms with E-state index in [2.05, 4.69) is 44.0 Å². The molecule has 0 fully saturated rings. The van der Waals surface area contributed by atoms with Crippen LogP contribution >= 0.6 is 0 Å². The molecular formula is C13H26N4. The summed E-state index contributed by atoms with van der Waals surface area (Å²) in [4.78, 5) is 2.33. The molecule has 0 spiro atoms. The van der Waals surface area contributed by atoms with Crippen molar-refractivity contribution in [3.05, 3.63) is 17.5 Å². The van der Waals surface area contributed by atoms with Gasteiger partial charge >= 0.3 is 0 Å². The van der Waals surface area contributed by atoms with Crippen LogP contribution in [0.4, 0.5) is 0 Å². The van der Waals surface area contributed by atoms with Gasteiger partial charge in [0.05, 0.1) is 11.7 Å². The largest absolute Gasteiger partial charge is 0.329 e. The van der Waals surface area contributed by atoms with Crippen molar-refractivity contribution in [2.24, 2.45) is 18.7 Å². The van der Waals surface area contributed by atoms with Gasteiger partial charge in [-0.3, -0.25) is 9.58 Å². The molecule has 0 amide bonds. The Kier molecular flexibility index (Phi) is 5.15. The Balaban J connectivity index is 2.92. The maximum absolute atomic E-state index is 5.94. The van der Waals surface area contributed by atoms with E-state index in [1.54, 1.807) is 0 Å². The van der Waals surface area contributed by atoms with E-state index in [0.29, 0.717) is 12.5 Å². The molecule has 0 radical (unpaired) electrons. The van der Waals surface area contributed by atoms with Gasteiger partial charge < -0.3 is 5.73 Å². The van der Waals surface area contributed by atoms with E-state index in [4.69, 9.17) is 5.73 Å². The van der Waals surface area contributed by atoms with Crippen LogP contribution in [0.2, 0.25) is 0 Å². The number of hydrogen-bond donors (Lipinski definition) is 1. The number of aromatic nitrogens is 2. The first-order chi connectivity index (χ1) is 7.99. The molecule has 98 valence electrons. The second-order valence-corrected chi connectivity index (χ2v) is 5.14. The molecule has 0 bridgehead atoms. The van der Waals surface area contributed by atoms with Crippen LogP contribution in [0, 0.1) is 5.92 Å². The molecule has 0 aromatic carbocycles. The van der Waals surface area contributed by atoms with Gasteiger partial charge in [-0.15, -0.1) is 0 Å². The predicted octanol–water partition coefficient (Wildman–Crippen LogP) is 1.57. The summed E-state index contributed by atoms with van der Waals surface area (Å²) in [5, 5.41) is 4.49. The molecule has 1 aromatic heterocycles.